The van der Waals surface area contributed by atoms with Gasteiger partial charge in [0.2, 0.25) is 0 Å². The van der Waals surface area contributed by atoms with Gasteiger partial charge in [-0.2, -0.15) is 0 Å². The minimum atomic E-state index is -2.81. The van der Waals surface area contributed by atoms with E-state index in [4.69, 9.17) is 9.47 Å². The average molecular weight is 382 g/mol. The lowest BCUT2D eigenvalue weighted by molar-refractivity contribution is 0.120. The Kier molecular flexibility index (Phi) is 7.10. The molecule has 0 aliphatic carbocycles. The third kappa shape index (κ3) is 4.93. The van der Waals surface area contributed by atoms with Gasteiger partial charge in [-0.1, -0.05) is 26.0 Å². The first-order chi connectivity index (χ1) is 12.9. The van der Waals surface area contributed by atoms with Crippen LogP contribution in [0.5, 0.6) is 11.5 Å². The van der Waals surface area contributed by atoms with Gasteiger partial charge in [-0.15, -0.1) is 0 Å². The zero-order chi connectivity index (χ0) is 20.0. The molecule has 146 valence electrons. The van der Waals surface area contributed by atoms with Gasteiger partial charge in [0.25, 0.3) is 6.43 Å². The lowest BCUT2D eigenvalue weighted by Crippen LogP contribution is -2.11. The summed E-state index contributed by atoms with van der Waals surface area (Å²) >= 11 is 0. The van der Waals surface area contributed by atoms with E-state index in [0.29, 0.717) is 18.4 Å². The van der Waals surface area contributed by atoms with Gasteiger partial charge in [-0.3, -0.25) is 0 Å². The zero-order valence-electron chi connectivity index (χ0n) is 15.4. The summed E-state index contributed by atoms with van der Waals surface area (Å²) in [6.45, 7) is 3.41. The number of hydrogen-bond acceptors (Lipinski definition) is 4. The Morgan fingerprint density at radius 1 is 1.07 bits per heavy atom. The van der Waals surface area contributed by atoms with Crippen LogP contribution in [0.25, 0.3) is 0 Å². The van der Waals surface area contributed by atoms with Gasteiger partial charge in [0, 0.05) is 11.6 Å². The summed E-state index contributed by atoms with van der Waals surface area (Å²) < 4.78 is 55.9. The van der Waals surface area contributed by atoms with Crippen LogP contribution in [0.4, 0.5) is 18.0 Å². The molecule has 2 rings (SSSR count). The SMILES string of the molecule is CCc1cc(C(F)F)c(OCc2c(CC)cccc2OC(=O)OC)cc1F. The first-order valence-corrected chi connectivity index (χ1v) is 8.51. The highest BCUT2D eigenvalue weighted by Crippen LogP contribution is 2.33. The van der Waals surface area contributed by atoms with Crippen molar-refractivity contribution in [2.45, 2.75) is 39.7 Å². The molecule has 0 aromatic heterocycles. The number of methoxy groups -OCH3 is 1. The molecule has 0 atom stereocenters. The quantitative estimate of drug-likeness (QED) is 0.461. The molecule has 2 aromatic carbocycles. The Balaban J connectivity index is 2.36. The molecular formula is C20H21F3O4. The van der Waals surface area contributed by atoms with Crippen LogP contribution in [-0.4, -0.2) is 13.3 Å². The number of benzene rings is 2. The minimum absolute atomic E-state index is 0.166. The molecule has 0 saturated carbocycles. The van der Waals surface area contributed by atoms with Crippen molar-refractivity contribution in [2.24, 2.45) is 0 Å². The number of ether oxygens (including phenoxy) is 3. The third-order valence-electron chi connectivity index (χ3n) is 4.14. The van der Waals surface area contributed by atoms with Crippen LogP contribution in [0.15, 0.2) is 30.3 Å². The molecule has 0 heterocycles. The van der Waals surface area contributed by atoms with Crippen molar-refractivity contribution in [3.63, 3.8) is 0 Å². The Hall–Kier alpha value is -2.70. The fourth-order valence-corrected chi connectivity index (χ4v) is 2.67. The van der Waals surface area contributed by atoms with E-state index in [1.807, 2.05) is 6.92 Å². The molecular weight excluding hydrogens is 361 g/mol. The maximum atomic E-state index is 14.1. The molecule has 0 saturated heterocycles. The van der Waals surface area contributed by atoms with E-state index in [1.165, 1.54) is 7.11 Å². The van der Waals surface area contributed by atoms with Gasteiger partial charge < -0.3 is 14.2 Å². The number of rotatable bonds is 7. The van der Waals surface area contributed by atoms with Crippen molar-refractivity contribution < 1.29 is 32.2 Å². The van der Waals surface area contributed by atoms with Crippen LogP contribution in [-0.2, 0) is 24.2 Å². The van der Waals surface area contributed by atoms with Crippen molar-refractivity contribution in [2.75, 3.05) is 7.11 Å². The van der Waals surface area contributed by atoms with Crippen molar-refractivity contribution in [1.82, 2.24) is 0 Å². The second-order valence-electron chi connectivity index (χ2n) is 5.73. The fourth-order valence-electron chi connectivity index (χ4n) is 2.67. The number of hydrogen-bond donors (Lipinski definition) is 0. The highest BCUT2D eigenvalue weighted by atomic mass is 19.3. The van der Waals surface area contributed by atoms with E-state index in [1.54, 1.807) is 25.1 Å². The highest BCUT2D eigenvalue weighted by molar-refractivity contribution is 5.64. The van der Waals surface area contributed by atoms with E-state index in [9.17, 15) is 18.0 Å². The van der Waals surface area contributed by atoms with E-state index in [2.05, 4.69) is 4.74 Å². The molecule has 4 nitrogen and oxygen atoms in total. The molecule has 0 amide bonds. The summed E-state index contributed by atoms with van der Waals surface area (Å²) in [5, 5.41) is 0. The topological polar surface area (TPSA) is 44.8 Å². The Morgan fingerprint density at radius 3 is 2.37 bits per heavy atom. The lowest BCUT2D eigenvalue weighted by atomic mass is 10.0. The second-order valence-corrected chi connectivity index (χ2v) is 5.73. The molecule has 0 bridgehead atoms. The molecule has 0 fully saturated rings. The van der Waals surface area contributed by atoms with Gasteiger partial charge in [0.05, 0.1) is 12.7 Å². The number of alkyl halides is 2. The fraction of sp³-hybridized carbons (Fsp3) is 0.350. The second kappa shape index (κ2) is 9.30. The minimum Gasteiger partial charge on any atom is -0.488 e. The van der Waals surface area contributed by atoms with E-state index < -0.39 is 18.4 Å². The molecule has 2 aromatic rings. The zero-order valence-corrected chi connectivity index (χ0v) is 15.4. The third-order valence-corrected chi connectivity index (χ3v) is 4.14. The van der Waals surface area contributed by atoms with E-state index in [0.717, 1.165) is 17.7 Å². The lowest BCUT2D eigenvalue weighted by Gasteiger charge is -2.17. The smallest absolute Gasteiger partial charge is 0.488 e. The maximum Gasteiger partial charge on any atom is 0.513 e. The van der Waals surface area contributed by atoms with E-state index in [-0.39, 0.29) is 29.2 Å². The summed E-state index contributed by atoms with van der Waals surface area (Å²) in [7, 11) is 1.18. The van der Waals surface area contributed by atoms with E-state index >= 15 is 0 Å². The Bertz CT molecular complexity index is 806. The molecule has 0 spiro atoms. The first kappa shape index (κ1) is 20.6. The summed E-state index contributed by atoms with van der Waals surface area (Å²) in [5.41, 5.74) is 1.13. The molecule has 27 heavy (non-hydrogen) atoms. The first-order valence-electron chi connectivity index (χ1n) is 8.51. The van der Waals surface area contributed by atoms with Gasteiger partial charge in [0.1, 0.15) is 23.9 Å². The Morgan fingerprint density at radius 2 is 1.78 bits per heavy atom. The largest absolute Gasteiger partial charge is 0.513 e. The molecule has 0 aliphatic heterocycles. The monoisotopic (exact) mass is 382 g/mol. The van der Waals surface area contributed by atoms with Crippen LogP contribution < -0.4 is 9.47 Å². The summed E-state index contributed by atoms with van der Waals surface area (Å²) in [6.07, 6.45) is -2.82. The van der Waals surface area contributed by atoms with Crippen LogP contribution >= 0.6 is 0 Å². The van der Waals surface area contributed by atoms with Gasteiger partial charge in [-0.05, 0) is 36.1 Å². The number of halogens is 3. The van der Waals surface area contributed by atoms with Crippen molar-refractivity contribution >= 4 is 6.16 Å². The summed E-state index contributed by atoms with van der Waals surface area (Å²) in [5.74, 6) is -0.646. The number of aryl methyl sites for hydroxylation is 2. The van der Waals surface area contributed by atoms with Crippen molar-refractivity contribution in [3.05, 3.63) is 58.4 Å². The number of carbonyl (C=O) groups is 1. The van der Waals surface area contributed by atoms with Crippen LogP contribution in [0, 0.1) is 5.82 Å². The maximum absolute atomic E-state index is 14.1. The predicted molar refractivity (Wildman–Crippen MR) is 93.9 cm³/mol. The highest BCUT2D eigenvalue weighted by Gasteiger charge is 2.19. The van der Waals surface area contributed by atoms with Crippen LogP contribution in [0.2, 0.25) is 0 Å². The summed E-state index contributed by atoms with van der Waals surface area (Å²) in [6, 6.07) is 7.13. The average Bonchev–Trinajstić information content (AvgIpc) is 2.66. The van der Waals surface area contributed by atoms with Crippen molar-refractivity contribution in [1.29, 1.82) is 0 Å². The summed E-state index contributed by atoms with van der Waals surface area (Å²) in [4.78, 5) is 11.4. The predicted octanol–water partition coefficient (Wildman–Crippen LogP) is 5.61. The number of carbonyl (C=O) groups excluding carboxylic acids is 1. The Labute approximate surface area is 155 Å². The standard InChI is InChI=1S/C20H21F3O4/c1-4-12-7-6-8-17(27-20(24)25-3)15(12)11-26-18-10-16(21)13(5-2)9-14(18)19(22)23/h6-10,19H,4-5,11H2,1-3H3. The van der Waals surface area contributed by atoms with Gasteiger partial charge in [0.15, 0.2) is 0 Å². The van der Waals surface area contributed by atoms with Crippen LogP contribution in [0.3, 0.4) is 0 Å². The van der Waals surface area contributed by atoms with Gasteiger partial charge >= 0.3 is 6.16 Å². The molecule has 0 unspecified atom stereocenters. The molecule has 7 heteroatoms. The molecule has 0 radical (unpaired) electrons. The molecule has 0 N–H and O–H groups in total. The van der Waals surface area contributed by atoms with Gasteiger partial charge in [-0.25, -0.2) is 18.0 Å². The molecule has 0 aliphatic rings. The normalized spacial score (nSPS) is 10.8. The van der Waals surface area contributed by atoms with Crippen molar-refractivity contribution in [3.8, 4) is 11.5 Å². The van der Waals surface area contributed by atoms with Crippen LogP contribution in [0.1, 0.15) is 42.5 Å².